The number of nitrogens with one attached hydrogen (secondary N) is 1. The predicted octanol–water partition coefficient (Wildman–Crippen LogP) is 3.53. The number of hydrogen-bond acceptors (Lipinski definition) is 3. The van der Waals surface area contributed by atoms with Gasteiger partial charge in [-0.05, 0) is 38.7 Å². The van der Waals surface area contributed by atoms with Crippen LogP contribution in [0.15, 0.2) is 30.5 Å². The summed E-state index contributed by atoms with van der Waals surface area (Å²) in [6, 6.07) is 7.63. The molecule has 1 aromatic carbocycles. The number of rotatable bonds is 4. The van der Waals surface area contributed by atoms with Crippen molar-refractivity contribution in [3.8, 4) is 0 Å². The van der Waals surface area contributed by atoms with Crippen LogP contribution in [-0.2, 0) is 0 Å². The quantitative estimate of drug-likeness (QED) is 0.892. The van der Waals surface area contributed by atoms with Crippen LogP contribution in [0.1, 0.15) is 37.0 Å². The first-order chi connectivity index (χ1) is 9.49. The molecular weight excluding hydrogens is 252 g/mol. The Morgan fingerprint density at radius 3 is 2.70 bits per heavy atom. The molecule has 0 bridgehead atoms. The van der Waals surface area contributed by atoms with Crippen LogP contribution < -0.4 is 5.32 Å². The highest BCUT2D eigenvalue weighted by molar-refractivity contribution is 6.04. The summed E-state index contributed by atoms with van der Waals surface area (Å²) >= 11 is 0. The van der Waals surface area contributed by atoms with Crippen molar-refractivity contribution in [3.05, 3.63) is 36.0 Å². The molecule has 0 unspecified atom stereocenters. The van der Waals surface area contributed by atoms with Gasteiger partial charge in [0.15, 0.2) is 0 Å². The summed E-state index contributed by atoms with van der Waals surface area (Å²) in [6.45, 7) is 4.26. The van der Waals surface area contributed by atoms with Gasteiger partial charge < -0.3 is 10.4 Å². The number of hydrogen-bond donors (Lipinski definition) is 2. The number of carboxylic acid groups (broad SMARTS) is 1. The fourth-order valence-electron chi connectivity index (χ4n) is 2.67. The van der Waals surface area contributed by atoms with E-state index in [0.29, 0.717) is 11.6 Å². The summed E-state index contributed by atoms with van der Waals surface area (Å²) in [5.74, 6) is -0.339. The Labute approximate surface area is 117 Å². The number of anilines is 1. The summed E-state index contributed by atoms with van der Waals surface area (Å²) in [4.78, 5) is 15.7. The molecular formula is C16H18N2O2. The Hall–Kier alpha value is -2.10. The molecule has 1 heterocycles. The van der Waals surface area contributed by atoms with Crippen molar-refractivity contribution in [2.45, 2.75) is 32.2 Å². The maximum absolute atomic E-state index is 11.5. The van der Waals surface area contributed by atoms with E-state index in [1.54, 1.807) is 0 Å². The molecule has 0 spiro atoms. The van der Waals surface area contributed by atoms with E-state index < -0.39 is 5.97 Å². The molecule has 4 heteroatoms. The zero-order chi connectivity index (χ0) is 14.3. The third-order valence-electron chi connectivity index (χ3n) is 4.05. The largest absolute Gasteiger partial charge is 0.478 e. The lowest BCUT2D eigenvalue weighted by molar-refractivity contribution is 0.0697. The van der Waals surface area contributed by atoms with Gasteiger partial charge in [-0.2, -0.15) is 0 Å². The van der Waals surface area contributed by atoms with E-state index in [4.69, 9.17) is 0 Å². The van der Waals surface area contributed by atoms with Gasteiger partial charge in [-0.3, -0.25) is 4.98 Å². The highest BCUT2D eigenvalue weighted by atomic mass is 16.4. The van der Waals surface area contributed by atoms with Gasteiger partial charge in [0.2, 0.25) is 0 Å². The van der Waals surface area contributed by atoms with Crippen LogP contribution in [0.3, 0.4) is 0 Å². The summed E-state index contributed by atoms with van der Waals surface area (Å²) in [5, 5.41) is 13.7. The number of pyridine rings is 1. The van der Waals surface area contributed by atoms with Gasteiger partial charge in [0.25, 0.3) is 0 Å². The van der Waals surface area contributed by atoms with E-state index in [9.17, 15) is 9.90 Å². The SMILES string of the molecule is CC(C)(Nc1c(C(=O)O)cnc2ccccc12)C1CC1. The van der Waals surface area contributed by atoms with Gasteiger partial charge in [-0.15, -0.1) is 0 Å². The Morgan fingerprint density at radius 2 is 2.05 bits per heavy atom. The highest BCUT2D eigenvalue weighted by Gasteiger charge is 2.38. The minimum absolute atomic E-state index is 0.103. The summed E-state index contributed by atoms with van der Waals surface area (Å²) in [5.41, 5.74) is 1.62. The third kappa shape index (κ3) is 2.22. The summed E-state index contributed by atoms with van der Waals surface area (Å²) in [6.07, 6.45) is 3.84. The summed E-state index contributed by atoms with van der Waals surface area (Å²) < 4.78 is 0. The van der Waals surface area contributed by atoms with Gasteiger partial charge >= 0.3 is 5.97 Å². The maximum Gasteiger partial charge on any atom is 0.339 e. The molecule has 0 amide bonds. The minimum atomic E-state index is -0.947. The van der Waals surface area contributed by atoms with Crippen molar-refractivity contribution in [3.63, 3.8) is 0 Å². The van der Waals surface area contributed by atoms with Gasteiger partial charge in [-0.1, -0.05) is 18.2 Å². The van der Waals surface area contributed by atoms with Crippen LogP contribution in [0.5, 0.6) is 0 Å². The third-order valence-corrected chi connectivity index (χ3v) is 4.05. The van der Waals surface area contributed by atoms with Crippen molar-refractivity contribution >= 4 is 22.6 Å². The number of aromatic nitrogens is 1. The lowest BCUT2D eigenvalue weighted by atomic mass is 9.96. The number of nitrogens with zero attached hydrogens (tertiary/aromatic N) is 1. The lowest BCUT2D eigenvalue weighted by Gasteiger charge is -2.29. The second-order valence-electron chi connectivity index (χ2n) is 5.99. The van der Waals surface area contributed by atoms with E-state index in [-0.39, 0.29) is 11.1 Å². The molecule has 2 aromatic rings. The zero-order valence-corrected chi connectivity index (χ0v) is 11.7. The summed E-state index contributed by atoms with van der Waals surface area (Å²) in [7, 11) is 0. The number of fused-ring (bicyclic) bond motifs is 1. The first kappa shape index (κ1) is 12.9. The monoisotopic (exact) mass is 270 g/mol. The average Bonchev–Trinajstić information content (AvgIpc) is 3.23. The Morgan fingerprint density at radius 1 is 1.35 bits per heavy atom. The maximum atomic E-state index is 11.5. The molecule has 3 rings (SSSR count). The van der Waals surface area contributed by atoms with Crippen molar-refractivity contribution in [2.75, 3.05) is 5.32 Å². The molecule has 104 valence electrons. The van der Waals surface area contributed by atoms with E-state index in [1.165, 1.54) is 19.0 Å². The number of aromatic carboxylic acids is 1. The van der Waals surface area contributed by atoms with Crippen LogP contribution >= 0.6 is 0 Å². The molecule has 2 N–H and O–H groups in total. The molecule has 1 saturated carbocycles. The van der Waals surface area contributed by atoms with Crippen molar-refractivity contribution in [2.24, 2.45) is 5.92 Å². The molecule has 1 aromatic heterocycles. The van der Waals surface area contributed by atoms with Gasteiger partial charge in [0.1, 0.15) is 5.56 Å². The van der Waals surface area contributed by atoms with Crippen molar-refractivity contribution in [1.29, 1.82) is 0 Å². The number of carboxylic acids is 1. The van der Waals surface area contributed by atoms with Gasteiger partial charge in [-0.25, -0.2) is 4.79 Å². The zero-order valence-electron chi connectivity index (χ0n) is 11.7. The Kier molecular flexibility index (Phi) is 2.89. The number of carbonyl (C=O) groups is 1. The van der Waals surface area contributed by atoms with E-state index in [1.807, 2.05) is 24.3 Å². The molecule has 1 aliphatic carbocycles. The van der Waals surface area contributed by atoms with Crippen LogP contribution in [0, 0.1) is 5.92 Å². The first-order valence-corrected chi connectivity index (χ1v) is 6.88. The molecule has 20 heavy (non-hydrogen) atoms. The number of para-hydroxylation sites is 1. The van der Waals surface area contributed by atoms with Crippen molar-refractivity contribution < 1.29 is 9.90 Å². The predicted molar refractivity (Wildman–Crippen MR) is 79.1 cm³/mol. The van der Waals surface area contributed by atoms with Crippen LogP contribution in [0.25, 0.3) is 10.9 Å². The second kappa shape index (κ2) is 4.47. The number of benzene rings is 1. The van der Waals surface area contributed by atoms with Gasteiger partial charge in [0.05, 0.1) is 11.2 Å². The average molecular weight is 270 g/mol. The fraction of sp³-hybridized carbons (Fsp3) is 0.375. The topological polar surface area (TPSA) is 62.2 Å². The Balaban J connectivity index is 2.14. The van der Waals surface area contributed by atoms with Crippen LogP contribution in [-0.4, -0.2) is 21.6 Å². The molecule has 0 saturated heterocycles. The standard InChI is InChI=1S/C16H18N2O2/c1-16(2,10-7-8-10)18-14-11-5-3-4-6-13(11)17-9-12(14)15(19)20/h3-6,9-10H,7-8H2,1-2H3,(H,17,18)(H,19,20). The fourth-order valence-corrected chi connectivity index (χ4v) is 2.67. The smallest absolute Gasteiger partial charge is 0.339 e. The van der Waals surface area contributed by atoms with Crippen molar-refractivity contribution in [1.82, 2.24) is 4.98 Å². The van der Waals surface area contributed by atoms with E-state index in [0.717, 1.165) is 10.9 Å². The molecule has 4 nitrogen and oxygen atoms in total. The second-order valence-corrected chi connectivity index (χ2v) is 5.99. The minimum Gasteiger partial charge on any atom is -0.478 e. The highest BCUT2D eigenvalue weighted by Crippen LogP contribution is 2.42. The first-order valence-electron chi connectivity index (χ1n) is 6.88. The van der Waals surface area contributed by atoms with Crippen LogP contribution in [0.4, 0.5) is 5.69 Å². The molecule has 0 aliphatic heterocycles. The molecule has 0 atom stereocenters. The molecule has 0 radical (unpaired) electrons. The molecule has 1 aliphatic rings. The van der Waals surface area contributed by atoms with Crippen LogP contribution in [0.2, 0.25) is 0 Å². The molecule has 1 fully saturated rings. The van der Waals surface area contributed by atoms with Gasteiger partial charge in [0, 0.05) is 17.1 Å². The normalized spacial score (nSPS) is 15.3. The lowest BCUT2D eigenvalue weighted by Crippen LogP contribution is -2.34. The Bertz CT molecular complexity index is 675. The van der Waals surface area contributed by atoms with E-state index in [2.05, 4.69) is 24.1 Å². The van der Waals surface area contributed by atoms with E-state index >= 15 is 0 Å².